The van der Waals surface area contributed by atoms with Crippen LogP contribution in [0.4, 0.5) is 5.69 Å². The van der Waals surface area contributed by atoms with Crippen LogP contribution < -0.4 is 15.1 Å². The first-order valence-electron chi connectivity index (χ1n) is 12.8. The summed E-state index contributed by atoms with van der Waals surface area (Å²) in [6.45, 7) is 1.78. The molecule has 11 heteroatoms. The van der Waals surface area contributed by atoms with Crippen LogP contribution in [-0.2, 0) is 13.0 Å². The van der Waals surface area contributed by atoms with E-state index in [1.165, 1.54) is 12.3 Å². The second-order valence-electron chi connectivity index (χ2n) is 9.86. The number of carboxylic acid groups (broad SMARTS) is 1. The molecule has 5 heterocycles. The predicted octanol–water partition coefficient (Wildman–Crippen LogP) is 4.05. The molecule has 2 aliphatic heterocycles. The number of carboxylic acids is 1. The zero-order valence-electron chi connectivity index (χ0n) is 21.0. The number of aryl methyl sites for hydroxylation is 1. The summed E-state index contributed by atoms with van der Waals surface area (Å²) in [5.74, 6) is -0.0232. The van der Waals surface area contributed by atoms with Crippen LogP contribution in [0.25, 0.3) is 10.9 Å². The molecule has 0 saturated carbocycles. The van der Waals surface area contributed by atoms with Crippen molar-refractivity contribution in [1.82, 2.24) is 19.1 Å². The number of aromatic nitrogens is 4. The highest BCUT2D eigenvalue weighted by molar-refractivity contribution is 6.31. The second kappa shape index (κ2) is 10.1. The quantitative estimate of drug-likeness (QED) is 0.385. The predicted molar refractivity (Wildman–Crippen MR) is 145 cm³/mol. The fourth-order valence-corrected chi connectivity index (χ4v) is 5.89. The number of halogens is 1. The number of imidazole rings is 1. The molecule has 1 aromatic carbocycles. The number of hydrogen-bond donors (Lipinski definition) is 1. The topological polar surface area (TPSA) is 126 Å². The van der Waals surface area contributed by atoms with Crippen molar-refractivity contribution in [3.05, 3.63) is 81.3 Å². The van der Waals surface area contributed by atoms with Gasteiger partial charge >= 0.3 is 5.97 Å². The summed E-state index contributed by atoms with van der Waals surface area (Å²) in [4.78, 5) is 36.0. The largest absolute Gasteiger partial charge is 0.477 e. The van der Waals surface area contributed by atoms with Gasteiger partial charge in [-0.1, -0.05) is 11.6 Å². The number of ether oxygens (including phenoxy) is 1. The lowest BCUT2D eigenvalue weighted by Crippen LogP contribution is -2.35. The molecular weight excluding hydrogens is 520 g/mol. The first kappa shape index (κ1) is 24.9. The number of nitriles is 1. The Morgan fingerprint density at radius 1 is 1.23 bits per heavy atom. The normalized spacial score (nSPS) is 18.6. The van der Waals surface area contributed by atoms with Crippen LogP contribution in [0.15, 0.2) is 53.8 Å². The Morgan fingerprint density at radius 3 is 2.90 bits per heavy atom. The Hall–Kier alpha value is -4.36. The van der Waals surface area contributed by atoms with Crippen molar-refractivity contribution < 1.29 is 14.6 Å². The summed E-state index contributed by atoms with van der Waals surface area (Å²) in [5, 5.41) is 20.5. The van der Waals surface area contributed by atoms with Gasteiger partial charge < -0.3 is 23.9 Å². The van der Waals surface area contributed by atoms with Crippen LogP contribution in [0, 0.1) is 11.3 Å². The number of carbonyl (C=O) groups is 1. The number of fused-ring (bicyclic) bond motifs is 2. The number of nitrogens with zero attached hydrogens (tertiary/aromatic N) is 6. The Labute approximate surface area is 228 Å². The van der Waals surface area contributed by atoms with Gasteiger partial charge in [-0.15, -0.1) is 0 Å². The van der Waals surface area contributed by atoms with E-state index in [-0.39, 0.29) is 23.0 Å². The van der Waals surface area contributed by atoms with Gasteiger partial charge in [0.15, 0.2) is 0 Å². The summed E-state index contributed by atoms with van der Waals surface area (Å²) in [6.07, 6.45) is 9.86. The number of rotatable bonds is 6. The third-order valence-corrected chi connectivity index (χ3v) is 7.93. The molecule has 39 heavy (non-hydrogen) atoms. The molecule has 1 N–H and O–H groups in total. The maximum absolute atomic E-state index is 13.2. The Morgan fingerprint density at radius 2 is 2.10 bits per heavy atom. The maximum atomic E-state index is 13.2. The van der Waals surface area contributed by atoms with Crippen molar-refractivity contribution >= 4 is 34.2 Å². The van der Waals surface area contributed by atoms with Crippen LogP contribution in [0.2, 0.25) is 5.02 Å². The fourth-order valence-electron chi connectivity index (χ4n) is 5.72. The van der Waals surface area contributed by atoms with Crippen molar-refractivity contribution in [3.63, 3.8) is 0 Å². The van der Waals surface area contributed by atoms with E-state index in [9.17, 15) is 20.0 Å². The number of aromatic carboxylic acids is 1. The monoisotopic (exact) mass is 544 g/mol. The summed E-state index contributed by atoms with van der Waals surface area (Å²) in [5.41, 5.74) is 0.698. The summed E-state index contributed by atoms with van der Waals surface area (Å²) >= 11 is 6.22. The van der Waals surface area contributed by atoms with Crippen molar-refractivity contribution in [2.24, 2.45) is 0 Å². The van der Waals surface area contributed by atoms with E-state index >= 15 is 0 Å². The standard InChI is InChI=1S/C28H25ClN6O4/c29-22-4-1-6-32-27(22)39-16-19-3-2-8-34(19)23-13-24-20(11-17(23)14-30)26(36)21(28(37)38)15-35(24)18-5-9-33-10-7-31-25(33)12-18/h1,4,6-7,10-11,13,15,18-19H,2-3,5,8-9,12,16H2,(H,37,38)/t18?,19-/m1/s1. The molecule has 0 bridgehead atoms. The van der Waals surface area contributed by atoms with Gasteiger partial charge in [-0.25, -0.2) is 14.8 Å². The third-order valence-electron chi connectivity index (χ3n) is 7.64. The Bertz CT molecular complexity index is 1690. The maximum Gasteiger partial charge on any atom is 0.341 e. The Kier molecular flexibility index (Phi) is 6.45. The molecule has 2 atom stereocenters. The lowest BCUT2D eigenvalue weighted by Gasteiger charge is -2.30. The van der Waals surface area contributed by atoms with Gasteiger partial charge in [0.25, 0.3) is 0 Å². The highest BCUT2D eigenvalue weighted by Crippen LogP contribution is 2.34. The third kappa shape index (κ3) is 4.49. The smallest absolute Gasteiger partial charge is 0.341 e. The number of benzene rings is 1. The van der Waals surface area contributed by atoms with Crippen molar-refractivity contribution in [2.75, 3.05) is 18.1 Å². The van der Waals surface area contributed by atoms with Gasteiger partial charge in [0.2, 0.25) is 11.3 Å². The fraction of sp³-hybridized carbons (Fsp3) is 0.321. The molecule has 4 aromatic rings. The molecule has 1 saturated heterocycles. The zero-order valence-corrected chi connectivity index (χ0v) is 21.7. The molecule has 3 aromatic heterocycles. The highest BCUT2D eigenvalue weighted by Gasteiger charge is 2.30. The zero-order chi connectivity index (χ0) is 27.1. The first-order valence-corrected chi connectivity index (χ1v) is 13.2. The van der Waals surface area contributed by atoms with Crippen LogP contribution >= 0.6 is 11.6 Å². The van der Waals surface area contributed by atoms with E-state index in [2.05, 4.69) is 25.5 Å². The van der Waals surface area contributed by atoms with Crippen LogP contribution in [0.3, 0.4) is 0 Å². The molecule has 0 spiro atoms. The van der Waals surface area contributed by atoms with Gasteiger partial charge in [-0.3, -0.25) is 4.79 Å². The van der Waals surface area contributed by atoms with Crippen molar-refractivity contribution in [3.8, 4) is 11.9 Å². The molecule has 10 nitrogen and oxygen atoms in total. The van der Waals surface area contributed by atoms with E-state index in [0.717, 1.165) is 31.6 Å². The van der Waals surface area contributed by atoms with Crippen LogP contribution in [0.1, 0.15) is 47.1 Å². The van der Waals surface area contributed by atoms with E-state index in [1.54, 1.807) is 24.5 Å². The summed E-state index contributed by atoms with van der Waals surface area (Å²) in [7, 11) is 0. The average Bonchev–Trinajstić information content (AvgIpc) is 3.61. The van der Waals surface area contributed by atoms with Gasteiger partial charge in [-0.05, 0) is 43.5 Å². The van der Waals surface area contributed by atoms with E-state index in [1.807, 2.05) is 16.8 Å². The molecule has 0 aliphatic carbocycles. The molecule has 0 amide bonds. The second-order valence-corrected chi connectivity index (χ2v) is 10.3. The first-order chi connectivity index (χ1) is 18.9. The number of pyridine rings is 2. The molecule has 6 rings (SSSR count). The van der Waals surface area contributed by atoms with Crippen LogP contribution in [-0.4, -0.2) is 49.4 Å². The van der Waals surface area contributed by atoms with Gasteiger partial charge in [-0.2, -0.15) is 5.26 Å². The SMILES string of the molecule is N#Cc1cc2c(=O)c(C(=O)O)cn(C3CCn4ccnc4C3)c2cc1N1CCC[C@@H]1COc1ncccc1Cl. The highest BCUT2D eigenvalue weighted by atomic mass is 35.5. The molecule has 1 unspecified atom stereocenters. The van der Waals surface area contributed by atoms with E-state index in [4.69, 9.17) is 16.3 Å². The van der Waals surface area contributed by atoms with Crippen LogP contribution in [0.5, 0.6) is 5.88 Å². The lowest BCUT2D eigenvalue weighted by atomic mass is 10.0. The Balaban J connectivity index is 1.43. The van der Waals surface area contributed by atoms with Gasteiger partial charge in [0, 0.05) is 55.7 Å². The minimum Gasteiger partial charge on any atom is -0.477 e. The summed E-state index contributed by atoms with van der Waals surface area (Å²) < 4.78 is 9.91. The molecule has 198 valence electrons. The average molecular weight is 545 g/mol. The lowest BCUT2D eigenvalue weighted by molar-refractivity contribution is 0.0694. The van der Waals surface area contributed by atoms with Crippen molar-refractivity contribution in [2.45, 2.75) is 44.3 Å². The summed E-state index contributed by atoms with van der Waals surface area (Å²) in [6, 6.07) is 8.94. The molecular formula is C28H25ClN6O4. The minimum atomic E-state index is -1.29. The number of hydrogen-bond acceptors (Lipinski definition) is 7. The van der Waals surface area contributed by atoms with Gasteiger partial charge in [0.05, 0.1) is 22.8 Å². The number of anilines is 1. The van der Waals surface area contributed by atoms with E-state index < -0.39 is 11.4 Å². The van der Waals surface area contributed by atoms with E-state index in [0.29, 0.717) is 47.2 Å². The molecule has 2 aliphatic rings. The van der Waals surface area contributed by atoms with Gasteiger partial charge in [0.1, 0.15) is 29.1 Å². The molecule has 0 radical (unpaired) electrons. The minimum absolute atomic E-state index is 0.0340. The van der Waals surface area contributed by atoms with Crippen molar-refractivity contribution in [1.29, 1.82) is 5.26 Å². The molecule has 1 fully saturated rings.